The van der Waals surface area contributed by atoms with Gasteiger partial charge in [0.2, 0.25) is 11.8 Å². The lowest BCUT2D eigenvalue weighted by molar-refractivity contribution is 0.0690. The minimum atomic E-state index is -1.25. The van der Waals surface area contributed by atoms with Crippen LogP contribution < -0.4 is 5.73 Å². The van der Waals surface area contributed by atoms with Crippen LogP contribution in [0.2, 0.25) is 0 Å². The predicted octanol–water partition coefficient (Wildman–Crippen LogP) is -0.594. The first-order valence-electron chi connectivity index (χ1n) is 3.80. The molecule has 2 aromatic heterocycles. The predicted molar refractivity (Wildman–Crippen MR) is 48.2 cm³/mol. The van der Waals surface area contributed by atoms with Crippen LogP contribution in [-0.4, -0.2) is 36.1 Å². The van der Waals surface area contributed by atoms with Crippen LogP contribution in [0.3, 0.4) is 0 Å². The lowest BCUT2D eigenvalue weighted by atomic mass is 10.4. The molecule has 0 fully saturated rings. The molecule has 0 radical (unpaired) electrons. The molecular formula is C7H5N5O3. The molecule has 0 saturated carbocycles. The van der Waals surface area contributed by atoms with Gasteiger partial charge in [-0.15, -0.1) is 0 Å². The lowest BCUT2D eigenvalue weighted by Crippen LogP contribution is -2.04. The molecule has 2 rings (SSSR count). The summed E-state index contributed by atoms with van der Waals surface area (Å²) in [5.41, 5.74) is 4.91. The van der Waals surface area contributed by atoms with Crippen LogP contribution in [0.25, 0.3) is 11.2 Å². The number of hydrogen-bond donors (Lipinski definition) is 3. The molecule has 0 aliphatic heterocycles. The monoisotopic (exact) mass is 207 g/mol. The van der Waals surface area contributed by atoms with Crippen molar-refractivity contribution < 1.29 is 15.0 Å². The van der Waals surface area contributed by atoms with Gasteiger partial charge in [0.25, 0.3) is 0 Å². The number of hydrogen-bond acceptors (Lipinski definition) is 7. The van der Waals surface area contributed by atoms with Crippen LogP contribution in [0.5, 0.6) is 5.88 Å². The Kier molecular flexibility index (Phi) is 1.82. The molecule has 15 heavy (non-hydrogen) atoms. The molecule has 0 bridgehead atoms. The minimum Gasteiger partial charge on any atom is -0.492 e. The Balaban J connectivity index is 2.76. The van der Waals surface area contributed by atoms with Gasteiger partial charge in [0.15, 0.2) is 16.9 Å². The molecule has 4 N–H and O–H groups in total. The summed E-state index contributed by atoms with van der Waals surface area (Å²) < 4.78 is 0. The SMILES string of the molecule is Nc1nc(O)c2nc(C(=O)O)cnc2n1. The Morgan fingerprint density at radius 2 is 2.07 bits per heavy atom. The maximum Gasteiger partial charge on any atom is 0.356 e. The molecule has 8 heteroatoms. The van der Waals surface area contributed by atoms with E-state index >= 15 is 0 Å². The molecule has 0 amide bonds. The van der Waals surface area contributed by atoms with E-state index in [0.29, 0.717) is 0 Å². The summed E-state index contributed by atoms with van der Waals surface area (Å²) in [7, 11) is 0. The fourth-order valence-corrected chi connectivity index (χ4v) is 1.01. The van der Waals surface area contributed by atoms with Crippen LogP contribution in [-0.2, 0) is 0 Å². The van der Waals surface area contributed by atoms with Gasteiger partial charge in [0, 0.05) is 0 Å². The van der Waals surface area contributed by atoms with Crippen LogP contribution in [0, 0.1) is 0 Å². The summed E-state index contributed by atoms with van der Waals surface area (Å²) in [5, 5.41) is 18.0. The van der Waals surface area contributed by atoms with E-state index in [1.807, 2.05) is 0 Å². The van der Waals surface area contributed by atoms with Crippen molar-refractivity contribution >= 4 is 23.1 Å². The third-order valence-corrected chi connectivity index (χ3v) is 1.63. The number of nitrogen functional groups attached to an aromatic ring is 1. The zero-order valence-electron chi connectivity index (χ0n) is 7.25. The summed E-state index contributed by atoms with van der Waals surface area (Å²) in [6, 6.07) is 0. The molecule has 2 aromatic rings. The molecule has 0 atom stereocenters. The number of carbonyl (C=O) groups is 1. The number of aromatic hydroxyl groups is 1. The molecule has 0 unspecified atom stereocenters. The molecule has 8 nitrogen and oxygen atoms in total. The fourth-order valence-electron chi connectivity index (χ4n) is 1.01. The molecule has 0 aromatic carbocycles. The van der Waals surface area contributed by atoms with Crippen LogP contribution >= 0.6 is 0 Å². The topological polar surface area (TPSA) is 135 Å². The van der Waals surface area contributed by atoms with Crippen LogP contribution in [0.1, 0.15) is 10.5 Å². The first-order valence-corrected chi connectivity index (χ1v) is 3.80. The molecule has 0 aliphatic carbocycles. The maximum absolute atomic E-state index is 10.6. The highest BCUT2D eigenvalue weighted by Crippen LogP contribution is 2.17. The first kappa shape index (κ1) is 9.06. The second-order valence-electron chi connectivity index (χ2n) is 2.64. The number of aromatic nitrogens is 4. The van der Waals surface area contributed by atoms with Crippen molar-refractivity contribution in [2.75, 3.05) is 5.73 Å². The number of rotatable bonds is 1. The lowest BCUT2D eigenvalue weighted by Gasteiger charge is -2.00. The summed E-state index contributed by atoms with van der Waals surface area (Å²) in [6.07, 6.45) is 1.02. The largest absolute Gasteiger partial charge is 0.492 e. The number of carboxylic acid groups (broad SMARTS) is 1. The van der Waals surface area contributed by atoms with E-state index < -0.39 is 11.8 Å². The average Bonchev–Trinajstić information content (AvgIpc) is 2.16. The van der Waals surface area contributed by atoms with E-state index in [2.05, 4.69) is 19.9 Å². The van der Waals surface area contributed by atoms with Gasteiger partial charge in [-0.3, -0.25) is 0 Å². The van der Waals surface area contributed by atoms with Crippen molar-refractivity contribution in [1.82, 2.24) is 19.9 Å². The van der Waals surface area contributed by atoms with Crippen LogP contribution in [0.15, 0.2) is 6.20 Å². The fraction of sp³-hybridized carbons (Fsp3) is 0. The summed E-state index contributed by atoms with van der Waals surface area (Å²) >= 11 is 0. The maximum atomic E-state index is 10.6. The van der Waals surface area contributed by atoms with Gasteiger partial charge in [-0.25, -0.2) is 14.8 Å². The molecule has 0 aliphatic rings. The third kappa shape index (κ3) is 1.47. The normalized spacial score (nSPS) is 10.4. The van der Waals surface area contributed by atoms with Gasteiger partial charge in [0.1, 0.15) is 0 Å². The number of fused-ring (bicyclic) bond motifs is 1. The Bertz CT molecular complexity index is 556. The average molecular weight is 207 g/mol. The summed E-state index contributed by atoms with van der Waals surface area (Å²) in [5.74, 6) is -1.90. The van der Waals surface area contributed by atoms with Crippen molar-refractivity contribution in [3.8, 4) is 5.88 Å². The smallest absolute Gasteiger partial charge is 0.356 e. The number of carboxylic acids is 1. The second-order valence-corrected chi connectivity index (χ2v) is 2.64. The van der Waals surface area contributed by atoms with Gasteiger partial charge < -0.3 is 15.9 Å². The minimum absolute atomic E-state index is 0.0463. The highest BCUT2D eigenvalue weighted by Gasteiger charge is 2.12. The number of nitrogens with two attached hydrogens (primary N) is 1. The third-order valence-electron chi connectivity index (χ3n) is 1.63. The van der Waals surface area contributed by atoms with Gasteiger partial charge >= 0.3 is 5.97 Å². The Morgan fingerprint density at radius 1 is 1.33 bits per heavy atom. The van der Waals surface area contributed by atoms with Crippen molar-refractivity contribution in [2.45, 2.75) is 0 Å². The highest BCUT2D eigenvalue weighted by molar-refractivity contribution is 5.88. The van der Waals surface area contributed by atoms with Gasteiger partial charge in [-0.2, -0.15) is 9.97 Å². The Hall–Kier alpha value is -2.51. The van der Waals surface area contributed by atoms with Gasteiger partial charge in [-0.1, -0.05) is 0 Å². The van der Waals surface area contributed by atoms with Crippen molar-refractivity contribution in [2.24, 2.45) is 0 Å². The molecule has 0 saturated heterocycles. The zero-order valence-corrected chi connectivity index (χ0v) is 7.25. The van der Waals surface area contributed by atoms with Crippen molar-refractivity contribution in [1.29, 1.82) is 0 Å². The van der Waals surface area contributed by atoms with Gasteiger partial charge in [-0.05, 0) is 0 Å². The molecule has 0 spiro atoms. The quantitative estimate of drug-likeness (QED) is 0.564. The van der Waals surface area contributed by atoms with E-state index in [0.717, 1.165) is 6.20 Å². The first-order chi connectivity index (χ1) is 7.08. The molecular weight excluding hydrogens is 202 g/mol. The van der Waals surface area contributed by atoms with E-state index in [1.54, 1.807) is 0 Å². The second kappa shape index (κ2) is 3.01. The van der Waals surface area contributed by atoms with E-state index in [4.69, 9.17) is 10.8 Å². The van der Waals surface area contributed by atoms with Crippen molar-refractivity contribution in [3.63, 3.8) is 0 Å². The highest BCUT2D eigenvalue weighted by atomic mass is 16.4. The zero-order chi connectivity index (χ0) is 11.0. The molecule has 76 valence electrons. The number of nitrogens with zero attached hydrogens (tertiary/aromatic N) is 4. The summed E-state index contributed by atoms with van der Waals surface area (Å²) in [4.78, 5) is 25.0. The van der Waals surface area contributed by atoms with E-state index in [9.17, 15) is 9.90 Å². The Labute approximate surface area is 82.4 Å². The standard InChI is InChI=1S/C7H5N5O3/c8-7-11-4-3(5(13)12-7)10-2(1-9-4)6(14)15/h1H,(H,14,15)(H3,8,9,11,12,13). The molecule has 2 heterocycles. The summed E-state index contributed by atoms with van der Waals surface area (Å²) in [6.45, 7) is 0. The number of aromatic carboxylic acids is 1. The van der Waals surface area contributed by atoms with E-state index in [1.165, 1.54) is 0 Å². The van der Waals surface area contributed by atoms with Crippen LogP contribution in [0.4, 0.5) is 5.95 Å². The van der Waals surface area contributed by atoms with Gasteiger partial charge in [0.05, 0.1) is 6.20 Å². The van der Waals surface area contributed by atoms with Crippen molar-refractivity contribution in [3.05, 3.63) is 11.9 Å². The number of anilines is 1. The Morgan fingerprint density at radius 3 is 2.73 bits per heavy atom. The van der Waals surface area contributed by atoms with E-state index in [-0.39, 0.29) is 22.8 Å².